The Kier molecular flexibility index (Phi) is 5.46. The molecule has 0 aliphatic heterocycles. The lowest BCUT2D eigenvalue weighted by Gasteiger charge is -2.09. The van der Waals surface area contributed by atoms with E-state index in [9.17, 15) is 21.6 Å². The molecule has 1 heterocycles. The summed E-state index contributed by atoms with van der Waals surface area (Å²) in [6.45, 7) is -0.409. The van der Waals surface area contributed by atoms with Gasteiger partial charge in [0.15, 0.2) is 5.76 Å². The van der Waals surface area contributed by atoms with E-state index in [1.165, 1.54) is 24.3 Å². The Morgan fingerprint density at radius 1 is 1.11 bits per heavy atom. The summed E-state index contributed by atoms with van der Waals surface area (Å²) in [5.41, 5.74) is 4.09. The average molecular weight is 451 g/mol. The van der Waals surface area contributed by atoms with Crippen LogP contribution < -0.4 is 5.73 Å². The molecule has 0 amide bonds. The first-order valence-electron chi connectivity index (χ1n) is 7.62. The van der Waals surface area contributed by atoms with E-state index in [0.29, 0.717) is 0 Å². The molecule has 0 saturated heterocycles. The van der Waals surface area contributed by atoms with E-state index in [1.54, 1.807) is 0 Å². The maximum absolute atomic E-state index is 13.3. The van der Waals surface area contributed by atoms with Crippen molar-refractivity contribution in [3.05, 3.63) is 63.8 Å². The zero-order valence-corrected chi connectivity index (χ0v) is 16.1. The molecule has 0 atom stereocenters. The van der Waals surface area contributed by atoms with Crippen LogP contribution in [0.3, 0.4) is 0 Å². The average Bonchev–Trinajstić information content (AvgIpc) is 3.08. The van der Waals surface area contributed by atoms with Gasteiger partial charge in [-0.05, 0) is 30.3 Å². The molecule has 0 radical (unpaired) electrons. The van der Waals surface area contributed by atoms with Crippen LogP contribution in [0.15, 0.2) is 56.8 Å². The topological polar surface area (TPSA) is 86.2 Å². The monoisotopic (exact) mass is 450 g/mol. The minimum Gasteiger partial charge on any atom is -0.438 e. The van der Waals surface area contributed by atoms with E-state index in [4.69, 9.17) is 33.4 Å². The number of aromatic nitrogens is 1. The van der Waals surface area contributed by atoms with Crippen LogP contribution >= 0.6 is 23.2 Å². The molecular formula is C17H11Cl2F3N2O3S. The predicted molar refractivity (Wildman–Crippen MR) is 96.7 cm³/mol. The lowest BCUT2D eigenvalue weighted by atomic mass is 10.1. The number of halogens is 5. The zero-order valence-electron chi connectivity index (χ0n) is 13.8. The largest absolute Gasteiger partial charge is 0.438 e. The van der Waals surface area contributed by atoms with Crippen molar-refractivity contribution in [1.29, 1.82) is 0 Å². The third-order valence-electron chi connectivity index (χ3n) is 3.75. The smallest absolute Gasteiger partial charge is 0.417 e. The molecule has 0 aliphatic carbocycles. The molecule has 0 unspecified atom stereocenters. The number of nitrogens with two attached hydrogens (primary N) is 1. The lowest BCUT2D eigenvalue weighted by molar-refractivity contribution is -0.137. The third-order valence-corrected chi connectivity index (χ3v) is 6.17. The number of rotatable bonds is 4. The van der Waals surface area contributed by atoms with Crippen LogP contribution in [0.1, 0.15) is 11.3 Å². The van der Waals surface area contributed by atoms with Crippen molar-refractivity contribution in [3.63, 3.8) is 0 Å². The van der Waals surface area contributed by atoms with Gasteiger partial charge in [-0.1, -0.05) is 35.3 Å². The Balaban J connectivity index is 2.22. The third kappa shape index (κ3) is 3.75. The first-order chi connectivity index (χ1) is 13.1. The van der Waals surface area contributed by atoms with Crippen LogP contribution in [-0.2, 0) is 22.6 Å². The van der Waals surface area contributed by atoms with Crippen molar-refractivity contribution in [2.24, 2.45) is 5.73 Å². The van der Waals surface area contributed by atoms with Gasteiger partial charge in [-0.3, -0.25) is 0 Å². The van der Waals surface area contributed by atoms with Gasteiger partial charge < -0.3 is 10.2 Å². The number of nitrogens with zero attached hydrogens (tertiary/aromatic N) is 1. The number of oxazole rings is 1. The normalized spacial score (nSPS) is 12.4. The Labute approximate surface area is 167 Å². The fourth-order valence-corrected chi connectivity index (χ4v) is 4.60. The second kappa shape index (κ2) is 7.40. The van der Waals surface area contributed by atoms with Crippen LogP contribution in [0.2, 0.25) is 10.0 Å². The lowest BCUT2D eigenvalue weighted by Crippen LogP contribution is -2.09. The zero-order chi connectivity index (χ0) is 20.7. The number of sulfone groups is 1. The molecule has 2 N–H and O–H groups in total. The molecule has 1 aromatic heterocycles. The Hall–Kier alpha value is -2.07. The number of benzene rings is 2. The van der Waals surface area contributed by atoms with Crippen molar-refractivity contribution in [2.45, 2.75) is 22.6 Å². The van der Waals surface area contributed by atoms with E-state index in [2.05, 4.69) is 4.98 Å². The van der Waals surface area contributed by atoms with Gasteiger partial charge >= 0.3 is 6.18 Å². The summed E-state index contributed by atoms with van der Waals surface area (Å²) in [5.74, 6) is -0.826. The van der Waals surface area contributed by atoms with Crippen molar-refractivity contribution < 1.29 is 26.0 Å². The summed E-state index contributed by atoms with van der Waals surface area (Å²) in [7, 11) is -4.35. The van der Waals surface area contributed by atoms with E-state index in [0.717, 1.165) is 18.2 Å². The first-order valence-corrected chi connectivity index (χ1v) is 9.86. The molecule has 11 heteroatoms. The molecule has 0 fully saturated rings. The fourth-order valence-electron chi connectivity index (χ4n) is 2.50. The molecule has 148 valence electrons. The van der Waals surface area contributed by atoms with Gasteiger partial charge in [0, 0.05) is 10.6 Å². The van der Waals surface area contributed by atoms with Crippen molar-refractivity contribution in [3.8, 4) is 11.5 Å². The Bertz CT molecular complexity index is 1140. The highest BCUT2D eigenvalue weighted by molar-refractivity contribution is 7.91. The molecule has 3 rings (SSSR count). The second-order valence-corrected chi connectivity index (χ2v) is 8.25. The number of alkyl halides is 3. The van der Waals surface area contributed by atoms with E-state index >= 15 is 0 Å². The summed E-state index contributed by atoms with van der Waals surface area (Å²) in [5, 5.41) is -0.651. The maximum atomic E-state index is 13.3. The summed E-state index contributed by atoms with van der Waals surface area (Å²) in [4.78, 5) is 3.45. The Morgan fingerprint density at radius 2 is 1.79 bits per heavy atom. The van der Waals surface area contributed by atoms with Crippen LogP contribution in [-0.4, -0.2) is 13.4 Å². The molecule has 5 nitrogen and oxygen atoms in total. The summed E-state index contributed by atoms with van der Waals surface area (Å²) in [6, 6.07) is 8.28. The first kappa shape index (κ1) is 20.7. The van der Waals surface area contributed by atoms with E-state index in [1.807, 2.05) is 0 Å². The number of hydrogen-bond donors (Lipinski definition) is 1. The van der Waals surface area contributed by atoms with Gasteiger partial charge in [-0.25, -0.2) is 8.42 Å². The molecule has 0 saturated carbocycles. The molecule has 0 bridgehead atoms. The standard InChI is InChI=1S/C17H11Cl2F3N2O3S/c18-9-5-6-12(19)14(7-9)28(25,26)16-13(8-23)27-15(24-16)10-3-1-2-4-11(10)17(20,21)22/h1-7H,8,23H2. The van der Waals surface area contributed by atoms with Crippen molar-refractivity contribution in [1.82, 2.24) is 4.98 Å². The van der Waals surface area contributed by atoms with Crippen LogP contribution in [0.5, 0.6) is 0 Å². The van der Waals surface area contributed by atoms with Gasteiger partial charge in [-0.2, -0.15) is 18.2 Å². The van der Waals surface area contributed by atoms with Gasteiger partial charge in [0.25, 0.3) is 0 Å². The van der Waals surface area contributed by atoms with Crippen LogP contribution in [0.4, 0.5) is 13.2 Å². The Morgan fingerprint density at radius 3 is 2.43 bits per heavy atom. The summed E-state index contributed by atoms with van der Waals surface area (Å²) in [6.07, 6.45) is -4.69. The minimum atomic E-state index is -4.69. The highest BCUT2D eigenvalue weighted by Crippen LogP contribution is 2.39. The predicted octanol–water partition coefficient (Wildman–Crippen LogP) is 4.96. The highest BCUT2D eigenvalue weighted by atomic mass is 35.5. The molecule has 2 aromatic carbocycles. The maximum Gasteiger partial charge on any atom is 0.417 e. The van der Waals surface area contributed by atoms with Gasteiger partial charge in [-0.15, -0.1) is 0 Å². The fraction of sp³-hybridized carbons (Fsp3) is 0.118. The van der Waals surface area contributed by atoms with E-state index in [-0.39, 0.29) is 20.7 Å². The molecular weight excluding hydrogens is 440 g/mol. The summed E-state index contributed by atoms with van der Waals surface area (Å²) >= 11 is 11.8. The van der Waals surface area contributed by atoms with E-state index < -0.39 is 44.6 Å². The molecule has 0 aliphatic rings. The molecule has 28 heavy (non-hydrogen) atoms. The van der Waals surface area contributed by atoms with Crippen LogP contribution in [0, 0.1) is 0 Å². The second-order valence-electron chi connectivity index (χ2n) is 5.57. The van der Waals surface area contributed by atoms with Crippen molar-refractivity contribution >= 4 is 33.0 Å². The van der Waals surface area contributed by atoms with Crippen molar-refractivity contribution in [2.75, 3.05) is 0 Å². The van der Waals surface area contributed by atoms with Gasteiger partial charge in [0.05, 0.1) is 22.0 Å². The highest BCUT2D eigenvalue weighted by Gasteiger charge is 2.36. The molecule has 0 spiro atoms. The minimum absolute atomic E-state index is 0.100. The molecule has 3 aromatic rings. The van der Waals surface area contributed by atoms with Crippen LogP contribution in [0.25, 0.3) is 11.5 Å². The number of hydrogen-bond acceptors (Lipinski definition) is 5. The van der Waals surface area contributed by atoms with Gasteiger partial charge in [0.1, 0.15) is 0 Å². The van der Waals surface area contributed by atoms with Gasteiger partial charge in [0.2, 0.25) is 20.8 Å². The SMILES string of the molecule is NCc1oc(-c2ccccc2C(F)(F)F)nc1S(=O)(=O)c1cc(Cl)ccc1Cl. The summed E-state index contributed by atoms with van der Waals surface area (Å²) < 4.78 is 71.0. The quantitative estimate of drug-likeness (QED) is 0.606.